The van der Waals surface area contributed by atoms with E-state index in [9.17, 15) is 13.5 Å². The molecule has 26 heavy (non-hydrogen) atoms. The molecule has 1 aliphatic rings. The highest BCUT2D eigenvalue weighted by Gasteiger charge is 2.35. The molecule has 0 amide bonds. The van der Waals surface area contributed by atoms with E-state index >= 15 is 0 Å². The van der Waals surface area contributed by atoms with Crippen molar-refractivity contribution in [3.05, 3.63) is 47.7 Å². The first kappa shape index (κ1) is 18.8. The highest BCUT2D eigenvalue weighted by molar-refractivity contribution is 7.89. The first-order valence-electron chi connectivity index (χ1n) is 8.62. The van der Waals surface area contributed by atoms with E-state index in [0.29, 0.717) is 24.8 Å². The van der Waals surface area contributed by atoms with Crippen molar-refractivity contribution in [1.29, 1.82) is 0 Å². The zero-order chi connectivity index (χ0) is 18.9. The Labute approximate surface area is 154 Å². The Bertz CT molecular complexity index is 851. The topological polar surface area (TPSA) is 95.4 Å². The lowest BCUT2D eigenvalue weighted by Gasteiger charge is -2.17. The van der Waals surface area contributed by atoms with Crippen molar-refractivity contribution in [2.75, 3.05) is 18.0 Å². The monoisotopic (exact) mass is 376 g/mol. The molecule has 140 valence electrons. The van der Waals surface area contributed by atoms with E-state index in [1.807, 2.05) is 36.1 Å². The number of anilines is 1. The molecule has 7 nitrogen and oxygen atoms in total. The van der Waals surface area contributed by atoms with Gasteiger partial charge >= 0.3 is 0 Å². The second kappa shape index (κ2) is 7.30. The van der Waals surface area contributed by atoms with Crippen LogP contribution in [0.2, 0.25) is 0 Å². The molecule has 0 unspecified atom stereocenters. The molecule has 1 aliphatic heterocycles. The zero-order valence-corrected chi connectivity index (χ0v) is 15.9. The lowest BCUT2D eigenvalue weighted by atomic mass is 10.0. The number of hydrogen-bond acceptors (Lipinski definition) is 6. The van der Waals surface area contributed by atoms with E-state index in [0.717, 1.165) is 11.3 Å². The summed E-state index contributed by atoms with van der Waals surface area (Å²) in [7, 11) is -3.70. The third-order valence-electron chi connectivity index (χ3n) is 4.56. The van der Waals surface area contributed by atoms with Gasteiger partial charge in [0.1, 0.15) is 0 Å². The summed E-state index contributed by atoms with van der Waals surface area (Å²) >= 11 is 0. The van der Waals surface area contributed by atoms with Crippen molar-refractivity contribution in [3.63, 3.8) is 0 Å². The average Bonchev–Trinajstić information content (AvgIpc) is 2.95. The smallest absolute Gasteiger partial charge is 0.240 e. The van der Waals surface area contributed by atoms with Gasteiger partial charge in [-0.3, -0.25) is 0 Å². The van der Waals surface area contributed by atoms with Gasteiger partial charge in [-0.25, -0.2) is 13.1 Å². The molecule has 2 aromatic rings. The highest BCUT2D eigenvalue weighted by Crippen LogP contribution is 2.21. The van der Waals surface area contributed by atoms with Crippen LogP contribution in [0.5, 0.6) is 0 Å². The number of β-amino-alcohol motifs (C(OH)–C–C–N with tert-alkyl or cyclic N) is 1. The van der Waals surface area contributed by atoms with Gasteiger partial charge in [-0.2, -0.15) is 5.10 Å². The lowest BCUT2D eigenvalue weighted by molar-refractivity contribution is 0.174. The minimum Gasteiger partial charge on any atom is -0.390 e. The first-order valence-corrected chi connectivity index (χ1v) is 10.1. The largest absolute Gasteiger partial charge is 0.390 e. The number of aromatic nitrogens is 2. The SMILES string of the molecule is Cc1ccc(N2C[C@H](O)[C@H](NS(=O)(=O)c3ccc(C(C)C)cc3)C2)nn1. The van der Waals surface area contributed by atoms with Gasteiger partial charge in [-0.1, -0.05) is 26.0 Å². The number of benzene rings is 1. The second-order valence-electron chi connectivity index (χ2n) is 6.96. The third-order valence-corrected chi connectivity index (χ3v) is 6.07. The van der Waals surface area contributed by atoms with Crippen LogP contribution in [-0.4, -0.2) is 49.0 Å². The van der Waals surface area contributed by atoms with Gasteiger partial charge in [0, 0.05) is 13.1 Å². The zero-order valence-electron chi connectivity index (χ0n) is 15.1. The fourth-order valence-electron chi connectivity index (χ4n) is 2.95. The van der Waals surface area contributed by atoms with E-state index in [-0.39, 0.29) is 4.90 Å². The van der Waals surface area contributed by atoms with Crippen molar-refractivity contribution in [2.45, 2.75) is 43.7 Å². The number of hydrogen-bond donors (Lipinski definition) is 2. The molecule has 3 rings (SSSR count). The number of aryl methyl sites for hydroxylation is 1. The van der Waals surface area contributed by atoms with E-state index in [1.54, 1.807) is 12.1 Å². The molecule has 1 saturated heterocycles. The molecule has 1 aromatic heterocycles. The van der Waals surface area contributed by atoms with Crippen molar-refractivity contribution < 1.29 is 13.5 Å². The van der Waals surface area contributed by atoms with Crippen LogP contribution >= 0.6 is 0 Å². The summed E-state index contributed by atoms with van der Waals surface area (Å²) in [4.78, 5) is 2.02. The number of aliphatic hydroxyl groups is 1. The van der Waals surface area contributed by atoms with Gasteiger partial charge in [0.15, 0.2) is 5.82 Å². The average molecular weight is 376 g/mol. The molecule has 0 spiro atoms. The lowest BCUT2D eigenvalue weighted by Crippen LogP contribution is -2.42. The van der Waals surface area contributed by atoms with Crippen molar-refractivity contribution in [2.24, 2.45) is 0 Å². The molecule has 0 saturated carbocycles. The molecule has 0 radical (unpaired) electrons. The van der Waals surface area contributed by atoms with E-state index in [4.69, 9.17) is 0 Å². The Hall–Kier alpha value is -2.03. The van der Waals surface area contributed by atoms with Crippen LogP contribution in [0.1, 0.15) is 31.0 Å². The van der Waals surface area contributed by atoms with Crippen molar-refractivity contribution >= 4 is 15.8 Å². The van der Waals surface area contributed by atoms with Gasteiger partial charge in [0.05, 0.1) is 22.7 Å². The molecular weight excluding hydrogens is 352 g/mol. The molecular formula is C18H24N4O3S. The van der Waals surface area contributed by atoms with Gasteiger partial charge in [-0.15, -0.1) is 5.10 Å². The van der Waals surface area contributed by atoms with Crippen LogP contribution in [0.4, 0.5) is 5.82 Å². The number of sulfonamides is 1. The molecule has 0 bridgehead atoms. The predicted octanol–water partition coefficient (Wildman–Crippen LogP) is 1.44. The molecule has 2 N–H and O–H groups in total. The maximum absolute atomic E-state index is 12.6. The molecule has 1 fully saturated rings. The number of nitrogens with zero attached hydrogens (tertiary/aromatic N) is 3. The molecule has 0 aliphatic carbocycles. The minimum absolute atomic E-state index is 0.197. The van der Waals surface area contributed by atoms with E-state index in [2.05, 4.69) is 28.8 Å². The van der Waals surface area contributed by atoms with Crippen LogP contribution in [0.25, 0.3) is 0 Å². The Kier molecular flexibility index (Phi) is 5.27. The van der Waals surface area contributed by atoms with Crippen LogP contribution in [0, 0.1) is 6.92 Å². The fraction of sp³-hybridized carbons (Fsp3) is 0.444. The van der Waals surface area contributed by atoms with Gasteiger partial charge in [-0.05, 0) is 42.7 Å². The predicted molar refractivity (Wildman–Crippen MR) is 99.6 cm³/mol. The number of aliphatic hydroxyl groups excluding tert-OH is 1. The van der Waals surface area contributed by atoms with Gasteiger partial charge in [0.2, 0.25) is 10.0 Å². The maximum Gasteiger partial charge on any atom is 0.240 e. The number of rotatable bonds is 5. The molecule has 1 aromatic carbocycles. The fourth-order valence-corrected chi connectivity index (χ4v) is 4.21. The molecule has 2 atom stereocenters. The minimum atomic E-state index is -3.70. The van der Waals surface area contributed by atoms with Gasteiger partial charge < -0.3 is 10.0 Å². The third kappa shape index (κ3) is 4.03. The van der Waals surface area contributed by atoms with E-state index < -0.39 is 22.2 Å². The summed E-state index contributed by atoms with van der Waals surface area (Å²) in [5, 5.41) is 18.4. The van der Waals surface area contributed by atoms with Crippen molar-refractivity contribution in [3.8, 4) is 0 Å². The summed E-state index contributed by atoms with van der Waals surface area (Å²) in [6, 6.07) is 9.88. The van der Waals surface area contributed by atoms with Crippen LogP contribution in [-0.2, 0) is 10.0 Å². The molecule has 8 heteroatoms. The summed E-state index contributed by atoms with van der Waals surface area (Å²) < 4.78 is 27.9. The summed E-state index contributed by atoms with van der Waals surface area (Å²) in [6.07, 6.45) is -0.817. The van der Waals surface area contributed by atoms with Crippen LogP contribution in [0.3, 0.4) is 0 Å². The normalized spacial score (nSPS) is 20.7. The van der Waals surface area contributed by atoms with Crippen LogP contribution in [0.15, 0.2) is 41.3 Å². The summed E-state index contributed by atoms with van der Waals surface area (Å²) in [5.74, 6) is 0.957. The Balaban J connectivity index is 1.72. The quantitative estimate of drug-likeness (QED) is 0.820. The molecule has 2 heterocycles. The van der Waals surface area contributed by atoms with Crippen LogP contribution < -0.4 is 9.62 Å². The summed E-state index contributed by atoms with van der Waals surface area (Å²) in [5.41, 5.74) is 1.88. The Morgan fingerprint density at radius 2 is 1.81 bits per heavy atom. The summed E-state index contributed by atoms with van der Waals surface area (Å²) in [6.45, 7) is 6.59. The maximum atomic E-state index is 12.6. The van der Waals surface area contributed by atoms with E-state index in [1.165, 1.54) is 0 Å². The highest BCUT2D eigenvalue weighted by atomic mass is 32.2. The first-order chi connectivity index (χ1) is 12.3. The Morgan fingerprint density at radius 1 is 1.12 bits per heavy atom. The Morgan fingerprint density at radius 3 is 2.38 bits per heavy atom. The van der Waals surface area contributed by atoms with Gasteiger partial charge in [0.25, 0.3) is 0 Å². The standard InChI is InChI=1S/C18H24N4O3S/c1-12(2)14-5-7-15(8-6-14)26(24,25)21-16-10-22(11-17(16)23)18-9-4-13(3)19-20-18/h4-9,12,16-17,21,23H,10-11H2,1-3H3/t16-,17+/m1/s1. The second-order valence-corrected chi connectivity index (χ2v) is 8.67. The number of nitrogens with one attached hydrogen (secondary N) is 1. The van der Waals surface area contributed by atoms with Crippen molar-refractivity contribution in [1.82, 2.24) is 14.9 Å².